The minimum Gasteiger partial charge on any atom is -0.478 e. The highest BCUT2D eigenvalue weighted by Crippen LogP contribution is 2.30. The van der Waals surface area contributed by atoms with Crippen molar-refractivity contribution in [1.82, 2.24) is 14.9 Å². The lowest BCUT2D eigenvalue weighted by Crippen LogP contribution is -2.49. The number of hydrogen-bond donors (Lipinski definition) is 2. The molecule has 33 heavy (non-hydrogen) atoms. The Labute approximate surface area is 191 Å². The summed E-state index contributed by atoms with van der Waals surface area (Å²) in [6.07, 6.45) is 0. The fraction of sp³-hybridized carbons (Fsp3) is 0.292. The second-order valence-corrected chi connectivity index (χ2v) is 8.18. The van der Waals surface area contributed by atoms with Crippen LogP contribution in [0.2, 0.25) is 0 Å². The van der Waals surface area contributed by atoms with Gasteiger partial charge in [-0.3, -0.25) is 4.79 Å². The van der Waals surface area contributed by atoms with Gasteiger partial charge in [0.15, 0.2) is 11.5 Å². The molecule has 3 aromatic rings. The van der Waals surface area contributed by atoms with Crippen LogP contribution in [0.4, 0.5) is 11.5 Å². The number of nitriles is 1. The molecule has 0 unspecified atom stereocenters. The number of aryl methyl sites for hydroxylation is 1. The van der Waals surface area contributed by atoms with Crippen LogP contribution >= 0.6 is 0 Å². The van der Waals surface area contributed by atoms with Crippen molar-refractivity contribution in [3.63, 3.8) is 0 Å². The number of carboxylic acids is 1. The number of anilines is 2. The molecule has 1 fully saturated rings. The third kappa shape index (κ3) is 4.28. The maximum Gasteiger partial charge on any atom is 0.337 e. The van der Waals surface area contributed by atoms with Crippen LogP contribution in [0.5, 0.6) is 0 Å². The van der Waals surface area contributed by atoms with Gasteiger partial charge in [0, 0.05) is 31.4 Å². The van der Waals surface area contributed by atoms with Crippen molar-refractivity contribution in [3.8, 4) is 6.07 Å². The van der Waals surface area contributed by atoms with E-state index in [1.165, 1.54) is 0 Å². The van der Waals surface area contributed by atoms with E-state index in [4.69, 9.17) is 4.98 Å². The molecule has 1 saturated heterocycles. The number of carboxylic acid groups (broad SMARTS) is 1. The predicted octanol–water partition coefficient (Wildman–Crippen LogP) is 2.96. The van der Waals surface area contributed by atoms with Crippen LogP contribution in [0.3, 0.4) is 0 Å². The van der Waals surface area contributed by atoms with Gasteiger partial charge >= 0.3 is 5.97 Å². The van der Waals surface area contributed by atoms with Gasteiger partial charge in [-0.25, -0.2) is 14.8 Å². The van der Waals surface area contributed by atoms with Gasteiger partial charge in [0.05, 0.1) is 29.2 Å². The summed E-state index contributed by atoms with van der Waals surface area (Å²) in [5, 5.41) is 22.5. The molecule has 0 radical (unpaired) electrons. The molecule has 0 aliphatic carbocycles. The van der Waals surface area contributed by atoms with Crippen molar-refractivity contribution < 1.29 is 14.7 Å². The number of rotatable bonds is 5. The van der Waals surface area contributed by atoms with Gasteiger partial charge in [-0.1, -0.05) is 18.2 Å². The number of nitrogens with zero attached hydrogens (tertiary/aromatic N) is 5. The smallest absolute Gasteiger partial charge is 0.337 e. The van der Waals surface area contributed by atoms with Gasteiger partial charge in [0.2, 0.25) is 5.91 Å². The third-order valence-electron chi connectivity index (χ3n) is 5.78. The molecule has 2 aromatic carbocycles. The Kier molecular flexibility index (Phi) is 5.84. The fourth-order valence-electron chi connectivity index (χ4n) is 3.99. The Hall–Kier alpha value is -4.19. The minimum atomic E-state index is -1.01. The Morgan fingerprint density at radius 3 is 2.70 bits per heavy atom. The van der Waals surface area contributed by atoms with Crippen LogP contribution in [0.1, 0.15) is 40.1 Å². The fourth-order valence-corrected chi connectivity index (χ4v) is 3.99. The van der Waals surface area contributed by atoms with Crippen molar-refractivity contribution >= 4 is 34.4 Å². The van der Waals surface area contributed by atoms with E-state index in [0.29, 0.717) is 35.6 Å². The van der Waals surface area contributed by atoms with Gasteiger partial charge in [-0.05, 0) is 37.6 Å². The number of aromatic nitrogens is 2. The first kappa shape index (κ1) is 22.0. The number of benzene rings is 2. The first-order valence-corrected chi connectivity index (χ1v) is 10.6. The van der Waals surface area contributed by atoms with Crippen LogP contribution in [-0.2, 0) is 4.79 Å². The number of amides is 1. The van der Waals surface area contributed by atoms with Crippen LogP contribution < -0.4 is 10.2 Å². The lowest BCUT2D eigenvalue weighted by atomic mass is 10.0. The van der Waals surface area contributed by atoms with Crippen molar-refractivity contribution in [2.45, 2.75) is 19.9 Å². The van der Waals surface area contributed by atoms with Crippen LogP contribution in [0.25, 0.3) is 11.0 Å². The molecule has 1 amide bonds. The monoisotopic (exact) mass is 444 g/mol. The molecular formula is C24H24N6O3. The van der Waals surface area contributed by atoms with Gasteiger partial charge in [0.1, 0.15) is 6.07 Å². The summed E-state index contributed by atoms with van der Waals surface area (Å²) >= 11 is 0. The molecular weight excluding hydrogens is 420 g/mol. The third-order valence-corrected chi connectivity index (χ3v) is 5.78. The van der Waals surface area contributed by atoms with Gasteiger partial charge < -0.3 is 20.2 Å². The lowest BCUT2D eigenvalue weighted by molar-refractivity contribution is -0.129. The number of carbonyl (C=O) groups is 2. The van der Waals surface area contributed by atoms with E-state index in [1.807, 2.05) is 26.0 Å². The molecule has 0 saturated carbocycles. The molecule has 1 aromatic heterocycles. The summed E-state index contributed by atoms with van der Waals surface area (Å²) in [7, 11) is 1.75. The molecule has 1 atom stereocenters. The number of hydrogen-bond acceptors (Lipinski definition) is 7. The summed E-state index contributed by atoms with van der Waals surface area (Å²) in [6, 6.07) is 12.4. The maximum atomic E-state index is 12.2. The standard InChI is InChI=1S/C24H24N6O3/c1-14-10-17(15(2)26-18-7-5-4-6-16(18)24(32)33)22-19(11-14)27-20(12-25)23(28-22)30-9-8-29(3)21(31)13-30/h4-7,10-11,15,26H,8-9,13H2,1-3H3,(H,32,33)/t15-/m1/s1. The molecule has 4 rings (SSSR count). The highest BCUT2D eigenvalue weighted by Gasteiger charge is 2.26. The summed E-state index contributed by atoms with van der Waals surface area (Å²) < 4.78 is 0. The average molecular weight is 444 g/mol. The maximum absolute atomic E-state index is 12.2. The van der Waals surface area contributed by atoms with E-state index >= 15 is 0 Å². The molecule has 9 heteroatoms. The lowest BCUT2D eigenvalue weighted by Gasteiger charge is -2.33. The van der Waals surface area contributed by atoms with Gasteiger partial charge in [-0.15, -0.1) is 0 Å². The zero-order valence-corrected chi connectivity index (χ0v) is 18.7. The van der Waals surface area contributed by atoms with E-state index in [9.17, 15) is 20.0 Å². The molecule has 9 nitrogen and oxygen atoms in total. The van der Waals surface area contributed by atoms with Crippen molar-refractivity contribution in [2.75, 3.05) is 36.9 Å². The first-order chi connectivity index (χ1) is 15.8. The largest absolute Gasteiger partial charge is 0.478 e. The molecule has 1 aliphatic heterocycles. The molecule has 2 heterocycles. The highest BCUT2D eigenvalue weighted by molar-refractivity contribution is 5.94. The quantitative estimate of drug-likeness (QED) is 0.616. The Balaban J connectivity index is 1.79. The predicted molar refractivity (Wildman–Crippen MR) is 124 cm³/mol. The summed E-state index contributed by atoms with van der Waals surface area (Å²) in [5.74, 6) is -0.675. The van der Waals surface area contributed by atoms with E-state index in [0.717, 1.165) is 11.1 Å². The topological polar surface area (TPSA) is 122 Å². The summed E-state index contributed by atoms with van der Waals surface area (Å²) in [5.41, 5.74) is 3.80. The minimum absolute atomic E-state index is 0.0449. The highest BCUT2D eigenvalue weighted by atomic mass is 16.4. The Morgan fingerprint density at radius 1 is 1.24 bits per heavy atom. The molecule has 168 valence electrons. The zero-order chi connectivity index (χ0) is 23.7. The average Bonchev–Trinajstić information content (AvgIpc) is 2.79. The van der Waals surface area contributed by atoms with Crippen LogP contribution in [-0.4, -0.2) is 58.5 Å². The molecule has 0 spiro atoms. The number of carbonyl (C=O) groups excluding carboxylic acids is 1. The van der Waals surface area contributed by atoms with Gasteiger partial charge in [-0.2, -0.15) is 5.26 Å². The first-order valence-electron chi connectivity index (χ1n) is 10.6. The summed E-state index contributed by atoms with van der Waals surface area (Å²) in [6.45, 7) is 5.08. The number of nitrogens with one attached hydrogen (secondary N) is 1. The number of para-hydroxylation sites is 1. The van der Waals surface area contributed by atoms with E-state index < -0.39 is 5.97 Å². The number of aromatic carboxylic acids is 1. The second-order valence-electron chi connectivity index (χ2n) is 8.18. The van der Waals surface area contributed by atoms with Crippen molar-refractivity contribution in [2.24, 2.45) is 0 Å². The zero-order valence-electron chi connectivity index (χ0n) is 18.7. The second kappa shape index (κ2) is 8.74. The van der Waals surface area contributed by atoms with E-state index in [-0.39, 0.29) is 29.8 Å². The normalized spacial score (nSPS) is 14.8. The molecule has 1 aliphatic rings. The molecule has 0 bridgehead atoms. The summed E-state index contributed by atoms with van der Waals surface area (Å²) in [4.78, 5) is 36.7. The SMILES string of the molecule is Cc1cc([C@@H](C)Nc2ccccc2C(=O)O)c2nc(N3CCN(C)C(=O)C3)c(C#N)nc2c1. The van der Waals surface area contributed by atoms with Crippen LogP contribution in [0, 0.1) is 18.3 Å². The Bertz CT molecular complexity index is 1300. The van der Waals surface area contributed by atoms with Crippen molar-refractivity contribution in [1.29, 1.82) is 5.26 Å². The number of fused-ring (bicyclic) bond motifs is 1. The van der Waals surface area contributed by atoms with Gasteiger partial charge in [0.25, 0.3) is 0 Å². The Morgan fingerprint density at radius 2 is 2.00 bits per heavy atom. The number of piperazine rings is 1. The van der Waals surface area contributed by atoms with E-state index in [1.54, 1.807) is 41.1 Å². The van der Waals surface area contributed by atoms with E-state index in [2.05, 4.69) is 16.4 Å². The molecule has 2 N–H and O–H groups in total. The van der Waals surface area contributed by atoms with Crippen molar-refractivity contribution in [3.05, 3.63) is 58.8 Å². The van der Waals surface area contributed by atoms with Crippen LogP contribution in [0.15, 0.2) is 36.4 Å². The number of likely N-dealkylation sites (N-methyl/N-ethyl adjacent to an activating group) is 1.